The van der Waals surface area contributed by atoms with E-state index in [0.29, 0.717) is 6.42 Å². The minimum atomic E-state index is -0.569. The highest BCUT2D eigenvalue weighted by atomic mass is 79.9. The Morgan fingerprint density at radius 1 is 1.45 bits per heavy atom. The van der Waals surface area contributed by atoms with Gasteiger partial charge < -0.3 is 20.5 Å². The fraction of sp³-hybridized carbons (Fsp3) is 0.500. The summed E-state index contributed by atoms with van der Waals surface area (Å²) < 4.78 is 6.90. The molecule has 2 rings (SSSR count). The molecule has 5 nitrogen and oxygen atoms in total. The molecule has 0 bridgehead atoms. The summed E-state index contributed by atoms with van der Waals surface area (Å²) in [4.78, 5) is 11.8. The molecule has 1 aromatic carbocycles. The predicted molar refractivity (Wildman–Crippen MR) is 79.6 cm³/mol. The third kappa shape index (κ3) is 3.07. The molecule has 1 heterocycles. The van der Waals surface area contributed by atoms with Gasteiger partial charge in [0.2, 0.25) is 0 Å². The first kappa shape index (κ1) is 15.1. The van der Waals surface area contributed by atoms with Gasteiger partial charge >= 0.3 is 6.03 Å². The maximum atomic E-state index is 11.8. The second-order valence-electron chi connectivity index (χ2n) is 5.80. The fourth-order valence-corrected chi connectivity index (χ4v) is 3.14. The van der Waals surface area contributed by atoms with Crippen LogP contribution in [0.3, 0.4) is 0 Å². The third-order valence-electron chi connectivity index (χ3n) is 3.33. The zero-order valence-electron chi connectivity index (χ0n) is 11.8. The first-order valence-corrected chi connectivity index (χ1v) is 7.21. The maximum absolute atomic E-state index is 11.8. The number of carbonyl (C=O) groups excluding carboxylic acids is 1. The van der Waals surface area contributed by atoms with Gasteiger partial charge in [-0.25, -0.2) is 4.79 Å². The summed E-state index contributed by atoms with van der Waals surface area (Å²) in [5.41, 5.74) is -0.0402. The Morgan fingerprint density at radius 3 is 2.80 bits per heavy atom. The maximum Gasteiger partial charge on any atom is 0.317 e. The number of hydrogen-bond acceptors (Lipinski definition) is 3. The molecule has 0 fully saturated rings. The van der Waals surface area contributed by atoms with Crippen LogP contribution in [0.25, 0.3) is 0 Å². The highest BCUT2D eigenvalue weighted by Crippen LogP contribution is 2.44. The van der Waals surface area contributed by atoms with Crippen molar-refractivity contribution in [2.24, 2.45) is 0 Å². The standard InChI is InChI=1S/C14H19BrN2O3/c1-13(2)7-14(3,17-12(19)16-8-18)10-6-9(15)4-5-11(10)20-13/h4-6,18H,7-8H2,1-3H3,(H2,16,17,19). The predicted octanol–water partition coefficient (Wildman–Crippen LogP) is 2.47. The van der Waals surface area contributed by atoms with Crippen molar-refractivity contribution >= 4 is 22.0 Å². The number of hydrogen-bond donors (Lipinski definition) is 3. The minimum absolute atomic E-state index is 0.387. The number of fused-ring (bicyclic) bond motifs is 1. The number of nitrogens with one attached hydrogen (secondary N) is 2. The lowest BCUT2D eigenvalue weighted by Crippen LogP contribution is -2.54. The zero-order valence-corrected chi connectivity index (χ0v) is 13.4. The third-order valence-corrected chi connectivity index (χ3v) is 3.82. The fourth-order valence-electron chi connectivity index (χ4n) is 2.78. The molecule has 1 unspecified atom stereocenters. The number of amides is 2. The number of aliphatic hydroxyl groups excluding tert-OH is 1. The van der Waals surface area contributed by atoms with Gasteiger partial charge in [0, 0.05) is 16.5 Å². The summed E-state index contributed by atoms with van der Waals surface area (Å²) in [7, 11) is 0. The molecule has 0 saturated heterocycles. The van der Waals surface area contributed by atoms with E-state index < -0.39 is 18.3 Å². The van der Waals surface area contributed by atoms with E-state index in [2.05, 4.69) is 26.6 Å². The Morgan fingerprint density at radius 2 is 2.15 bits per heavy atom. The van der Waals surface area contributed by atoms with Gasteiger partial charge in [0.05, 0.1) is 5.54 Å². The lowest BCUT2D eigenvalue weighted by Gasteiger charge is -2.44. The second kappa shape index (κ2) is 5.26. The van der Waals surface area contributed by atoms with Gasteiger partial charge in [0.1, 0.15) is 18.1 Å². The Bertz CT molecular complexity index is 533. The SMILES string of the molecule is CC1(C)CC(C)(NC(=O)NCO)c2cc(Br)ccc2O1. The zero-order chi connectivity index (χ0) is 15.0. The molecule has 1 aliphatic rings. The molecular formula is C14H19BrN2O3. The number of ether oxygens (including phenoxy) is 1. The summed E-state index contributed by atoms with van der Waals surface area (Å²) in [6.07, 6.45) is 0.627. The number of halogens is 1. The largest absolute Gasteiger partial charge is 0.487 e. The van der Waals surface area contributed by atoms with Gasteiger partial charge in [-0.1, -0.05) is 15.9 Å². The molecule has 0 aromatic heterocycles. The molecule has 2 amide bonds. The molecule has 1 aromatic rings. The lowest BCUT2D eigenvalue weighted by atomic mass is 9.79. The van der Waals surface area contributed by atoms with Crippen LogP contribution < -0.4 is 15.4 Å². The van der Waals surface area contributed by atoms with Gasteiger partial charge in [0.25, 0.3) is 0 Å². The number of rotatable bonds is 2. The van der Waals surface area contributed by atoms with Crippen molar-refractivity contribution in [2.45, 2.75) is 38.3 Å². The van der Waals surface area contributed by atoms with E-state index in [-0.39, 0.29) is 5.60 Å². The molecule has 0 aliphatic carbocycles. The summed E-state index contributed by atoms with van der Waals surface area (Å²) in [6.45, 7) is 5.54. The highest BCUT2D eigenvalue weighted by molar-refractivity contribution is 9.10. The van der Waals surface area contributed by atoms with E-state index in [4.69, 9.17) is 9.84 Å². The van der Waals surface area contributed by atoms with Crippen LogP contribution >= 0.6 is 15.9 Å². The summed E-state index contributed by atoms with van der Waals surface area (Å²) in [6, 6.07) is 5.35. The second-order valence-corrected chi connectivity index (χ2v) is 6.72. The molecule has 1 atom stereocenters. The van der Waals surface area contributed by atoms with E-state index in [9.17, 15) is 4.79 Å². The van der Waals surface area contributed by atoms with E-state index in [1.54, 1.807) is 0 Å². The molecule has 110 valence electrons. The van der Waals surface area contributed by atoms with Crippen molar-refractivity contribution in [1.29, 1.82) is 0 Å². The van der Waals surface area contributed by atoms with Crippen LogP contribution in [-0.2, 0) is 5.54 Å². The van der Waals surface area contributed by atoms with E-state index in [1.165, 1.54) is 0 Å². The van der Waals surface area contributed by atoms with E-state index in [0.717, 1.165) is 15.8 Å². The molecule has 0 spiro atoms. The van der Waals surface area contributed by atoms with Crippen LogP contribution in [0.15, 0.2) is 22.7 Å². The molecule has 0 radical (unpaired) electrons. The van der Waals surface area contributed by atoms with E-state index >= 15 is 0 Å². The van der Waals surface area contributed by atoms with Crippen LogP contribution in [0.5, 0.6) is 5.75 Å². The summed E-state index contributed by atoms with van der Waals surface area (Å²) in [5, 5.41) is 14.1. The topological polar surface area (TPSA) is 70.6 Å². The van der Waals surface area contributed by atoms with Crippen molar-refractivity contribution in [2.75, 3.05) is 6.73 Å². The first-order chi connectivity index (χ1) is 9.26. The van der Waals surface area contributed by atoms with Gasteiger partial charge in [0.15, 0.2) is 0 Å². The normalized spacial score (nSPS) is 23.4. The number of carbonyl (C=O) groups is 1. The lowest BCUT2D eigenvalue weighted by molar-refractivity contribution is 0.0415. The molecule has 6 heteroatoms. The average Bonchev–Trinajstić information content (AvgIpc) is 2.29. The van der Waals surface area contributed by atoms with Crippen LogP contribution in [0.4, 0.5) is 4.79 Å². The van der Waals surface area contributed by atoms with Crippen molar-refractivity contribution in [1.82, 2.24) is 10.6 Å². The Kier molecular flexibility index (Phi) is 3.97. The number of benzene rings is 1. The van der Waals surface area contributed by atoms with Gasteiger partial charge in [-0.3, -0.25) is 0 Å². The smallest absolute Gasteiger partial charge is 0.317 e. The number of aliphatic hydroxyl groups is 1. The molecule has 20 heavy (non-hydrogen) atoms. The van der Waals surface area contributed by atoms with Gasteiger partial charge in [-0.2, -0.15) is 0 Å². The van der Waals surface area contributed by atoms with Crippen molar-refractivity contribution in [3.05, 3.63) is 28.2 Å². The van der Waals surface area contributed by atoms with Crippen LogP contribution in [-0.4, -0.2) is 23.5 Å². The quantitative estimate of drug-likeness (QED) is 0.723. The van der Waals surface area contributed by atoms with Crippen LogP contribution in [0.1, 0.15) is 32.8 Å². The molecule has 3 N–H and O–H groups in total. The average molecular weight is 343 g/mol. The van der Waals surface area contributed by atoms with Crippen LogP contribution in [0, 0.1) is 0 Å². The molecule has 0 saturated carbocycles. The van der Waals surface area contributed by atoms with Crippen molar-refractivity contribution < 1.29 is 14.6 Å². The van der Waals surface area contributed by atoms with Gasteiger partial charge in [-0.15, -0.1) is 0 Å². The molecular weight excluding hydrogens is 324 g/mol. The highest BCUT2D eigenvalue weighted by Gasteiger charge is 2.43. The summed E-state index contributed by atoms with van der Waals surface area (Å²) >= 11 is 3.44. The number of urea groups is 1. The van der Waals surface area contributed by atoms with Gasteiger partial charge in [-0.05, 0) is 39.0 Å². The Balaban J connectivity index is 2.41. The van der Waals surface area contributed by atoms with Crippen LogP contribution in [0.2, 0.25) is 0 Å². The first-order valence-electron chi connectivity index (χ1n) is 6.42. The van der Waals surface area contributed by atoms with Crippen molar-refractivity contribution in [3.63, 3.8) is 0 Å². The monoisotopic (exact) mass is 342 g/mol. The molecule has 1 aliphatic heterocycles. The minimum Gasteiger partial charge on any atom is -0.487 e. The summed E-state index contributed by atoms with van der Waals surface area (Å²) in [5.74, 6) is 0.760. The Labute approximate surface area is 126 Å². The van der Waals surface area contributed by atoms with Crippen molar-refractivity contribution in [3.8, 4) is 5.75 Å². The van der Waals surface area contributed by atoms with E-state index in [1.807, 2.05) is 39.0 Å². The Hall–Kier alpha value is -1.27.